The molecule has 1 rings (SSSR count). The quantitative estimate of drug-likeness (QED) is 0.442. The minimum absolute atomic E-state index is 0.172. The van der Waals surface area contributed by atoms with Crippen molar-refractivity contribution >= 4 is 18.0 Å². The lowest BCUT2D eigenvalue weighted by atomic mass is 9.84. The minimum atomic E-state index is -0.574. The normalized spacial score (nSPS) is 16.9. The van der Waals surface area contributed by atoms with Gasteiger partial charge in [-0.2, -0.15) is 0 Å². The van der Waals surface area contributed by atoms with E-state index in [1.807, 2.05) is 55.6 Å². The number of ether oxygens (including phenoxy) is 1. The van der Waals surface area contributed by atoms with E-state index < -0.39 is 17.2 Å². The van der Waals surface area contributed by atoms with Gasteiger partial charge in [-0.1, -0.05) is 12.8 Å². The fourth-order valence-corrected chi connectivity index (χ4v) is 3.48. The Morgan fingerprint density at radius 3 is 2.14 bits per heavy atom. The summed E-state index contributed by atoms with van der Waals surface area (Å²) >= 11 is 0. The number of guanidine groups is 1. The van der Waals surface area contributed by atoms with Crippen LogP contribution < -0.4 is 16.0 Å². The number of carbonyl (C=O) groups is 2. The number of alkyl carbamates (subject to hydrolysis) is 1. The van der Waals surface area contributed by atoms with E-state index in [-0.39, 0.29) is 11.3 Å². The number of hydrogen-bond acceptors (Lipinski definition) is 4. The Hall–Kier alpha value is -1.99. The van der Waals surface area contributed by atoms with Crippen molar-refractivity contribution in [3.8, 4) is 0 Å². The van der Waals surface area contributed by atoms with Gasteiger partial charge in [0, 0.05) is 27.2 Å². The molecule has 2 amide bonds. The lowest BCUT2D eigenvalue weighted by Gasteiger charge is -2.31. The Bertz CT molecular complexity index is 588. The van der Waals surface area contributed by atoms with Crippen molar-refractivity contribution in [1.82, 2.24) is 20.9 Å². The fraction of sp³-hybridized carbons (Fsp3) is 0.857. The van der Waals surface area contributed by atoms with Gasteiger partial charge in [0.05, 0.1) is 17.5 Å². The molecule has 0 aliphatic heterocycles. The van der Waals surface area contributed by atoms with E-state index in [0.717, 1.165) is 25.7 Å². The van der Waals surface area contributed by atoms with Gasteiger partial charge in [0.1, 0.15) is 5.60 Å². The molecule has 1 saturated carbocycles. The molecule has 0 saturated heterocycles. The minimum Gasteiger partial charge on any atom is -0.444 e. The van der Waals surface area contributed by atoms with Gasteiger partial charge in [0.2, 0.25) is 5.91 Å². The maximum atomic E-state index is 12.8. The van der Waals surface area contributed by atoms with Crippen LogP contribution in [0.15, 0.2) is 4.99 Å². The van der Waals surface area contributed by atoms with E-state index in [4.69, 9.17) is 4.74 Å². The number of aliphatic imine (C=N–C) groups is 1. The highest BCUT2D eigenvalue weighted by Crippen LogP contribution is 2.38. The van der Waals surface area contributed by atoms with Gasteiger partial charge < -0.3 is 25.6 Å². The molecular weight excluding hydrogens is 370 g/mol. The largest absolute Gasteiger partial charge is 0.444 e. The first-order valence-corrected chi connectivity index (χ1v) is 10.6. The average molecular weight is 412 g/mol. The lowest BCUT2D eigenvalue weighted by molar-refractivity contribution is -0.138. The molecule has 8 heteroatoms. The molecule has 1 fully saturated rings. The molecule has 0 radical (unpaired) electrons. The summed E-state index contributed by atoms with van der Waals surface area (Å²) in [6, 6.07) is 0. The summed E-state index contributed by atoms with van der Waals surface area (Å²) in [6.07, 6.45) is 3.46. The van der Waals surface area contributed by atoms with Crippen molar-refractivity contribution in [2.75, 3.05) is 33.7 Å². The zero-order chi connectivity index (χ0) is 22.3. The van der Waals surface area contributed by atoms with Crippen LogP contribution in [0.4, 0.5) is 4.79 Å². The first-order valence-electron chi connectivity index (χ1n) is 10.6. The molecule has 0 aromatic rings. The summed E-state index contributed by atoms with van der Waals surface area (Å²) in [5.74, 6) is 0.815. The summed E-state index contributed by atoms with van der Waals surface area (Å²) < 4.78 is 5.33. The monoisotopic (exact) mass is 411 g/mol. The summed E-state index contributed by atoms with van der Waals surface area (Å²) in [6.45, 7) is 12.9. The zero-order valence-electron chi connectivity index (χ0n) is 19.6. The van der Waals surface area contributed by atoms with Gasteiger partial charge in [-0.15, -0.1) is 0 Å². The summed E-state index contributed by atoms with van der Waals surface area (Å²) in [5, 5.41) is 9.44. The molecule has 168 valence electrons. The van der Waals surface area contributed by atoms with Crippen molar-refractivity contribution in [2.24, 2.45) is 10.4 Å². The van der Waals surface area contributed by atoms with E-state index >= 15 is 0 Å². The molecule has 0 atom stereocenters. The Morgan fingerprint density at radius 2 is 1.66 bits per heavy atom. The topological polar surface area (TPSA) is 95.1 Å². The third-order valence-electron chi connectivity index (χ3n) is 4.83. The second kappa shape index (κ2) is 10.2. The highest BCUT2D eigenvalue weighted by atomic mass is 16.6. The fourth-order valence-electron chi connectivity index (χ4n) is 3.48. The number of hydrogen-bond donors (Lipinski definition) is 3. The molecular formula is C21H41N5O3. The van der Waals surface area contributed by atoms with Crippen molar-refractivity contribution in [2.45, 2.75) is 78.4 Å². The molecule has 0 unspecified atom stereocenters. The Labute approximate surface area is 176 Å². The van der Waals surface area contributed by atoms with Crippen LogP contribution in [0.25, 0.3) is 0 Å². The van der Waals surface area contributed by atoms with E-state index in [0.29, 0.717) is 25.6 Å². The number of rotatable bonds is 7. The van der Waals surface area contributed by atoms with Crippen molar-refractivity contribution in [3.05, 3.63) is 0 Å². The maximum Gasteiger partial charge on any atom is 0.408 e. The molecule has 0 aromatic heterocycles. The summed E-state index contributed by atoms with van der Waals surface area (Å²) in [5.41, 5.74) is -1.49. The molecule has 8 nitrogen and oxygen atoms in total. The number of nitrogens with zero attached hydrogens (tertiary/aromatic N) is 2. The first-order chi connectivity index (χ1) is 13.3. The summed E-state index contributed by atoms with van der Waals surface area (Å²) in [7, 11) is 3.62. The van der Waals surface area contributed by atoms with Gasteiger partial charge in [-0.25, -0.2) is 4.79 Å². The van der Waals surface area contributed by atoms with Crippen LogP contribution in [0.3, 0.4) is 0 Å². The molecule has 29 heavy (non-hydrogen) atoms. The second-order valence-electron chi connectivity index (χ2n) is 9.75. The Balaban J connectivity index is 2.76. The molecule has 1 aliphatic rings. The van der Waals surface area contributed by atoms with Crippen molar-refractivity contribution in [1.29, 1.82) is 0 Å². The van der Waals surface area contributed by atoms with E-state index in [9.17, 15) is 9.59 Å². The predicted octanol–water partition coefficient (Wildman–Crippen LogP) is 2.49. The van der Waals surface area contributed by atoms with Gasteiger partial charge >= 0.3 is 6.09 Å². The van der Waals surface area contributed by atoms with Crippen LogP contribution in [0, 0.1) is 5.41 Å². The smallest absolute Gasteiger partial charge is 0.408 e. The molecule has 1 aliphatic carbocycles. The van der Waals surface area contributed by atoms with Crippen LogP contribution in [-0.2, 0) is 9.53 Å². The number of carbonyl (C=O) groups excluding carboxylic acids is 2. The molecule has 0 aromatic carbocycles. The van der Waals surface area contributed by atoms with Crippen LogP contribution >= 0.6 is 0 Å². The molecule has 0 bridgehead atoms. The first kappa shape index (κ1) is 25.0. The van der Waals surface area contributed by atoms with E-state index in [1.165, 1.54) is 0 Å². The highest BCUT2D eigenvalue weighted by molar-refractivity contribution is 5.85. The third kappa shape index (κ3) is 8.50. The van der Waals surface area contributed by atoms with Crippen LogP contribution in [0.1, 0.15) is 67.2 Å². The van der Waals surface area contributed by atoms with Crippen molar-refractivity contribution < 1.29 is 14.3 Å². The molecule has 0 heterocycles. The van der Waals surface area contributed by atoms with Gasteiger partial charge in [-0.05, 0) is 54.4 Å². The SMILES string of the molecule is CCNC(=NCC(C)(C)NC(=O)OC(C)(C)C)NCC1(C(=O)N(C)C)CCCC1. The Morgan fingerprint density at radius 1 is 1.07 bits per heavy atom. The Kier molecular flexibility index (Phi) is 8.78. The van der Waals surface area contributed by atoms with Crippen LogP contribution in [-0.4, -0.2) is 67.7 Å². The van der Waals surface area contributed by atoms with Gasteiger partial charge in [0.15, 0.2) is 5.96 Å². The molecule has 0 spiro atoms. The molecule has 3 N–H and O–H groups in total. The number of nitrogens with one attached hydrogen (secondary N) is 3. The zero-order valence-corrected chi connectivity index (χ0v) is 19.6. The summed E-state index contributed by atoms with van der Waals surface area (Å²) in [4.78, 5) is 31.1. The van der Waals surface area contributed by atoms with Crippen LogP contribution in [0.2, 0.25) is 0 Å². The second-order valence-corrected chi connectivity index (χ2v) is 9.75. The third-order valence-corrected chi connectivity index (χ3v) is 4.83. The lowest BCUT2D eigenvalue weighted by Crippen LogP contribution is -2.51. The van der Waals surface area contributed by atoms with E-state index in [1.54, 1.807) is 4.90 Å². The van der Waals surface area contributed by atoms with Gasteiger partial charge in [0.25, 0.3) is 0 Å². The standard InChI is InChI=1S/C21H41N5O3/c1-9-22-17(23-14-20(5,6)25-18(28)29-19(2,3)4)24-15-21(12-10-11-13-21)16(27)26(7)8/h9-15H2,1-8H3,(H,25,28)(H2,22,23,24). The van der Waals surface area contributed by atoms with Crippen LogP contribution in [0.5, 0.6) is 0 Å². The predicted molar refractivity (Wildman–Crippen MR) is 117 cm³/mol. The maximum absolute atomic E-state index is 12.8. The van der Waals surface area contributed by atoms with Gasteiger partial charge in [-0.3, -0.25) is 9.79 Å². The number of amides is 2. The highest BCUT2D eigenvalue weighted by Gasteiger charge is 2.42. The average Bonchev–Trinajstić information content (AvgIpc) is 3.04. The van der Waals surface area contributed by atoms with Crippen molar-refractivity contribution in [3.63, 3.8) is 0 Å². The van der Waals surface area contributed by atoms with E-state index in [2.05, 4.69) is 20.9 Å².